The van der Waals surface area contributed by atoms with Gasteiger partial charge in [-0.3, -0.25) is 4.79 Å². The third kappa shape index (κ3) is 3.35. The molecule has 114 valence electrons. The Morgan fingerprint density at radius 1 is 1.14 bits per heavy atom. The van der Waals surface area contributed by atoms with Crippen molar-refractivity contribution in [3.05, 3.63) is 53.6 Å². The molecule has 6 nitrogen and oxygen atoms in total. The molecule has 0 fully saturated rings. The zero-order chi connectivity index (χ0) is 16.1. The van der Waals surface area contributed by atoms with Gasteiger partial charge in [0.25, 0.3) is 5.91 Å². The van der Waals surface area contributed by atoms with Crippen LogP contribution >= 0.6 is 0 Å². The van der Waals surface area contributed by atoms with E-state index in [0.29, 0.717) is 17.9 Å². The Labute approximate surface area is 127 Å². The molecule has 3 N–H and O–H groups in total. The highest BCUT2D eigenvalue weighted by atomic mass is 16.5. The van der Waals surface area contributed by atoms with E-state index in [1.807, 2.05) is 6.92 Å². The van der Waals surface area contributed by atoms with E-state index in [1.54, 1.807) is 24.3 Å². The van der Waals surface area contributed by atoms with Gasteiger partial charge in [0.1, 0.15) is 17.1 Å². The molecule has 0 atom stereocenters. The second-order valence-corrected chi connectivity index (χ2v) is 4.42. The molecule has 0 aliphatic heterocycles. The first-order valence-corrected chi connectivity index (χ1v) is 6.62. The SMILES string of the molecule is CCOc1ccccc1C(=O)Nc1ccc(O)c(C(=O)O)c1. The lowest BCUT2D eigenvalue weighted by molar-refractivity contribution is 0.0693. The van der Waals surface area contributed by atoms with E-state index >= 15 is 0 Å². The third-order valence-corrected chi connectivity index (χ3v) is 2.92. The fourth-order valence-corrected chi connectivity index (χ4v) is 1.92. The Kier molecular flexibility index (Phi) is 4.63. The number of rotatable bonds is 5. The quantitative estimate of drug-likeness (QED) is 0.738. The number of ether oxygens (including phenoxy) is 1. The maximum atomic E-state index is 12.3. The van der Waals surface area contributed by atoms with E-state index in [4.69, 9.17) is 9.84 Å². The number of aromatic hydroxyl groups is 1. The normalized spacial score (nSPS) is 10.0. The molecule has 0 spiro atoms. The van der Waals surface area contributed by atoms with E-state index < -0.39 is 11.9 Å². The molecule has 0 aliphatic rings. The van der Waals surface area contributed by atoms with Crippen LogP contribution in [0.4, 0.5) is 5.69 Å². The zero-order valence-electron chi connectivity index (χ0n) is 11.9. The Bertz CT molecular complexity index is 711. The van der Waals surface area contributed by atoms with Gasteiger partial charge in [0, 0.05) is 5.69 Å². The molecule has 0 heterocycles. The molecule has 0 saturated heterocycles. The van der Waals surface area contributed by atoms with Gasteiger partial charge in [-0.15, -0.1) is 0 Å². The number of para-hydroxylation sites is 1. The van der Waals surface area contributed by atoms with Crippen LogP contribution in [0.3, 0.4) is 0 Å². The number of benzene rings is 2. The highest BCUT2D eigenvalue weighted by Crippen LogP contribution is 2.23. The van der Waals surface area contributed by atoms with Crippen molar-refractivity contribution in [2.75, 3.05) is 11.9 Å². The molecule has 0 aromatic heterocycles. The van der Waals surface area contributed by atoms with Crippen molar-refractivity contribution in [2.45, 2.75) is 6.92 Å². The van der Waals surface area contributed by atoms with Crippen molar-refractivity contribution in [2.24, 2.45) is 0 Å². The number of carbonyl (C=O) groups excluding carboxylic acids is 1. The first-order valence-electron chi connectivity index (χ1n) is 6.62. The monoisotopic (exact) mass is 301 g/mol. The summed E-state index contributed by atoms with van der Waals surface area (Å²) >= 11 is 0. The summed E-state index contributed by atoms with van der Waals surface area (Å²) in [6.45, 7) is 2.24. The topological polar surface area (TPSA) is 95.9 Å². The minimum atomic E-state index is -1.27. The molecule has 6 heteroatoms. The van der Waals surface area contributed by atoms with E-state index in [2.05, 4.69) is 5.32 Å². The zero-order valence-corrected chi connectivity index (χ0v) is 11.9. The average Bonchev–Trinajstić information content (AvgIpc) is 2.49. The number of anilines is 1. The van der Waals surface area contributed by atoms with E-state index in [-0.39, 0.29) is 17.0 Å². The van der Waals surface area contributed by atoms with Crippen molar-refractivity contribution in [3.63, 3.8) is 0 Å². The van der Waals surface area contributed by atoms with Gasteiger partial charge in [-0.1, -0.05) is 12.1 Å². The van der Waals surface area contributed by atoms with Crippen LogP contribution in [0.1, 0.15) is 27.6 Å². The van der Waals surface area contributed by atoms with Gasteiger partial charge in [0.2, 0.25) is 0 Å². The number of amides is 1. The van der Waals surface area contributed by atoms with Crippen molar-refractivity contribution < 1.29 is 24.5 Å². The standard InChI is InChI=1S/C16H15NO5/c1-2-22-14-6-4-3-5-11(14)15(19)17-10-7-8-13(18)12(9-10)16(20)21/h3-9,18H,2H2,1H3,(H,17,19)(H,20,21). The summed E-state index contributed by atoms with van der Waals surface area (Å²) in [7, 11) is 0. The Hall–Kier alpha value is -3.02. The number of carbonyl (C=O) groups is 2. The first-order chi connectivity index (χ1) is 10.5. The Balaban J connectivity index is 2.26. The second-order valence-electron chi connectivity index (χ2n) is 4.42. The van der Waals surface area contributed by atoms with Gasteiger partial charge in [0.15, 0.2) is 0 Å². The average molecular weight is 301 g/mol. The Morgan fingerprint density at radius 3 is 2.55 bits per heavy atom. The van der Waals surface area contributed by atoms with Gasteiger partial charge in [0.05, 0.1) is 12.2 Å². The van der Waals surface area contributed by atoms with Crippen molar-refractivity contribution in [1.82, 2.24) is 0 Å². The Morgan fingerprint density at radius 2 is 1.86 bits per heavy atom. The molecular formula is C16H15NO5. The fourth-order valence-electron chi connectivity index (χ4n) is 1.92. The highest BCUT2D eigenvalue weighted by molar-refractivity contribution is 6.06. The molecule has 2 aromatic carbocycles. The van der Waals surface area contributed by atoms with Gasteiger partial charge in [-0.05, 0) is 37.3 Å². The summed E-state index contributed by atoms with van der Waals surface area (Å²) in [5, 5.41) is 21.0. The smallest absolute Gasteiger partial charge is 0.339 e. The first kappa shape index (κ1) is 15.4. The van der Waals surface area contributed by atoms with Crippen LogP contribution in [-0.2, 0) is 0 Å². The predicted molar refractivity (Wildman–Crippen MR) is 80.6 cm³/mol. The van der Waals surface area contributed by atoms with Crippen molar-refractivity contribution >= 4 is 17.6 Å². The van der Waals surface area contributed by atoms with Gasteiger partial charge in [-0.2, -0.15) is 0 Å². The fraction of sp³-hybridized carbons (Fsp3) is 0.125. The lowest BCUT2D eigenvalue weighted by Gasteiger charge is -2.11. The number of hydrogen-bond acceptors (Lipinski definition) is 4. The third-order valence-electron chi connectivity index (χ3n) is 2.92. The summed E-state index contributed by atoms with van der Waals surface area (Å²) < 4.78 is 5.38. The van der Waals surface area contributed by atoms with Crippen LogP contribution in [0.5, 0.6) is 11.5 Å². The number of carboxylic acid groups (broad SMARTS) is 1. The van der Waals surface area contributed by atoms with Crippen LogP contribution < -0.4 is 10.1 Å². The molecule has 0 saturated carbocycles. The molecule has 2 rings (SSSR count). The molecule has 0 unspecified atom stereocenters. The van der Waals surface area contributed by atoms with Crippen LogP contribution in [0.2, 0.25) is 0 Å². The summed E-state index contributed by atoms with van der Waals surface area (Å²) in [5.74, 6) is -1.62. The molecule has 1 amide bonds. The maximum absolute atomic E-state index is 12.3. The molecule has 22 heavy (non-hydrogen) atoms. The summed E-state index contributed by atoms with van der Waals surface area (Å²) in [5.41, 5.74) is 0.330. The molecule has 0 bridgehead atoms. The van der Waals surface area contributed by atoms with Gasteiger partial charge in [-0.25, -0.2) is 4.79 Å². The van der Waals surface area contributed by atoms with Gasteiger partial charge < -0.3 is 20.3 Å². The van der Waals surface area contributed by atoms with E-state index in [0.717, 1.165) is 0 Å². The highest BCUT2D eigenvalue weighted by Gasteiger charge is 2.14. The lowest BCUT2D eigenvalue weighted by atomic mass is 10.1. The molecule has 0 radical (unpaired) electrons. The maximum Gasteiger partial charge on any atom is 0.339 e. The summed E-state index contributed by atoms with van der Waals surface area (Å²) in [6.07, 6.45) is 0. The van der Waals surface area contributed by atoms with E-state index in [1.165, 1.54) is 18.2 Å². The summed E-state index contributed by atoms with van der Waals surface area (Å²) in [4.78, 5) is 23.3. The minimum Gasteiger partial charge on any atom is -0.507 e. The molecule has 0 aliphatic carbocycles. The van der Waals surface area contributed by atoms with E-state index in [9.17, 15) is 14.7 Å². The van der Waals surface area contributed by atoms with Crippen LogP contribution in [0.15, 0.2) is 42.5 Å². The number of hydrogen-bond donors (Lipinski definition) is 3. The van der Waals surface area contributed by atoms with Crippen molar-refractivity contribution in [3.8, 4) is 11.5 Å². The molecular weight excluding hydrogens is 286 g/mol. The number of nitrogens with one attached hydrogen (secondary N) is 1. The second kappa shape index (κ2) is 6.62. The largest absolute Gasteiger partial charge is 0.507 e. The lowest BCUT2D eigenvalue weighted by Crippen LogP contribution is -2.14. The van der Waals surface area contributed by atoms with Crippen LogP contribution in [0.25, 0.3) is 0 Å². The van der Waals surface area contributed by atoms with Crippen LogP contribution in [-0.4, -0.2) is 28.7 Å². The van der Waals surface area contributed by atoms with Crippen LogP contribution in [0, 0.1) is 0 Å². The predicted octanol–water partition coefficient (Wildman–Crippen LogP) is 2.74. The number of carboxylic acids is 1. The molecule has 2 aromatic rings. The minimum absolute atomic E-state index is 0.270. The number of aromatic carboxylic acids is 1. The summed E-state index contributed by atoms with van der Waals surface area (Å²) in [6, 6.07) is 10.6. The van der Waals surface area contributed by atoms with Crippen molar-refractivity contribution in [1.29, 1.82) is 0 Å². The number of phenols is 1. The van der Waals surface area contributed by atoms with Gasteiger partial charge >= 0.3 is 5.97 Å².